The zero-order valence-corrected chi connectivity index (χ0v) is 10.9. The maximum Gasteiger partial charge on any atom is 0.109 e. The van der Waals surface area contributed by atoms with Crippen LogP contribution in [0.5, 0.6) is 0 Å². The topological polar surface area (TPSA) is 56.7 Å². The predicted molar refractivity (Wildman–Crippen MR) is 76.9 cm³/mol. The molecule has 2 aromatic heterocycles. The molecule has 0 saturated carbocycles. The third kappa shape index (κ3) is 2.17. The van der Waals surface area contributed by atoms with E-state index < -0.39 is 0 Å². The molecular weight excluding hydrogens is 236 g/mol. The fourth-order valence-corrected chi connectivity index (χ4v) is 2.30. The largest absolute Gasteiger partial charge is 0.399 e. The molecule has 96 valence electrons. The van der Waals surface area contributed by atoms with E-state index >= 15 is 0 Å². The van der Waals surface area contributed by atoms with Crippen LogP contribution in [0.2, 0.25) is 0 Å². The van der Waals surface area contributed by atoms with Gasteiger partial charge in [0.15, 0.2) is 0 Å². The number of anilines is 1. The zero-order valence-electron chi connectivity index (χ0n) is 10.9. The van der Waals surface area contributed by atoms with E-state index in [0.717, 1.165) is 41.2 Å². The summed E-state index contributed by atoms with van der Waals surface area (Å²) in [4.78, 5) is 9.02. The van der Waals surface area contributed by atoms with Crippen LogP contribution in [0.25, 0.3) is 11.0 Å². The minimum Gasteiger partial charge on any atom is -0.399 e. The van der Waals surface area contributed by atoms with Crippen LogP contribution >= 0.6 is 0 Å². The van der Waals surface area contributed by atoms with Gasteiger partial charge in [0.1, 0.15) is 5.82 Å². The molecule has 0 unspecified atom stereocenters. The second kappa shape index (κ2) is 4.72. The maximum atomic E-state index is 5.82. The lowest BCUT2D eigenvalue weighted by Gasteiger charge is -2.07. The predicted octanol–water partition coefficient (Wildman–Crippen LogP) is 2.62. The van der Waals surface area contributed by atoms with Gasteiger partial charge in [-0.2, -0.15) is 0 Å². The summed E-state index contributed by atoms with van der Waals surface area (Å²) in [7, 11) is 0. The zero-order chi connectivity index (χ0) is 13.2. The SMILES string of the molecule is CCc1nc2cc(N)ccc2n1Cc1ccccn1. The highest BCUT2D eigenvalue weighted by Crippen LogP contribution is 2.20. The summed E-state index contributed by atoms with van der Waals surface area (Å²) in [6.45, 7) is 2.85. The van der Waals surface area contributed by atoms with Crippen LogP contribution in [0.15, 0.2) is 42.6 Å². The summed E-state index contributed by atoms with van der Waals surface area (Å²) < 4.78 is 2.21. The van der Waals surface area contributed by atoms with Crippen LogP contribution in [-0.2, 0) is 13.0 Å². The number of nitrogens with zero attached hydrogens (tertiary/aromatic N) is 3. The van der Waals surface area contributed by atoms with Crippen LogP contribution in [-0.4, -0.2) is 14.5 Å². The molecule has 0 aliphatic rings. The number of fused-ring (bicyclic) bond motifs is 1. The van der Waals surface area contributed by atoms with Gasteiger partial charge in [-0.05, 0) is 30.3 Å². The summed E-state index contributed by atoms with van der Waals surface area (Å²) in [5.74, 6) is 1.06. The van der Waals surface area contributed by atoms with Crippen LogP contribution in [0, 0.1) is 0 Å². The van der Waals surface area contributed by atoms with Crippen molar-refractivity contribution in [1.82, 2.24) is 14.5 Å². The number of pyridine rings is 1. The molecule has 2 N–H and O–H groups in total. The van der Waals surface area contributed by atoms with E-state index in [0.29, 0.717) is 0 Å². The molecule has 19 heavy (non-hydrogen) atoms. The molecule has 0 aliphatic heterocycles. The Labute approximate surface area is 111 Å². The highest BCUT2D eigenvalue weighted by Gasteiger charge is 2.10. The summed E-state index contributed by atoms with van der Waals surface area (Å²) in [5, 5.41) is 0. The van der Waals surface area contributed by atoms with Gasteiger partial charge < -0.3 is 10.3 Å². The lowest BCUT2D eigenvalue weighted by molar-refractivity contribution is 0.736. The van der Waals surface area contributed by atoms with Crippen molar-refractivity contribution in [1.29, 1.82) is 0 Å². The average molecular weight is 252 g/mol. The highest BCUT2D eigenvalue weighted by atomic mass is 15.1. The molecular formula is C15H16N4. The molecule has 0 atom stereocenters. The molecule has 3 rings (SSSR count). The fourth-order valence-electron chi connectivity index (χ4n) is 2.30. The number of hydrogen-bond acceptors (Lipinski definition) is 3. The lowest BCUT2D eigenvalue weighted by atomic mass is 10.2. The van der Waals surface area contributed by atoms with Gasteiger partial charge in [-0.1, -0.05) is 13.0 Å². The van der Waals surface area contributed by atoms with Gasteiger partial charge in [-0.25, -0.2) is 4.98 Å². The molecule has 0 amide bonds. The number of benzene rings is 1. The van der Waals surface area contributed by atoms with Gasteiger partial charge >= 0.3 is 0 Å². The van der Waals surface area contributed by atoms with Crippen molar-refractivity contribution in [2.75, 3.05) is 5.73 Å². The number of nitrogens with two attached hydrogens (primary N) is 1. The molecule has 3 aromatic rings. The second-order valence-corrected chi connectivity index (χ2v) is 4.54. The quantitative estimate of drug-likeness (QED) is 0.729. The Bertz CT molecular complexity index is 701. The standard InChI is InChI=1S/C15H16N4/c1-2-15-18-13-9-11(16)6-7-14(13)19(15)10-12-5-3-4-8-17-12/h3-9H,2,10,16H2,1H3. The number of hydrogen-bond donors (Lipinski definition) is 1. The summed E-state index contributed by atoms with van der Waals surface area (Å²) >= 11 is 0. The third-order valence-corrected chi connectivity index (χ3v) is 3.21. The van der Waals surface area contributed by atoms with E-state index in [9.17, 15) is 0 Å². The van der Waals surface area contributed by atoms with Crippen molar-refractivity contribution in [2.24, 2.45) is 0 Å². The van der Waals surface area contributed by atoms with E-state index in [1.165, 1.54) is 0 Å². The van der Waals surface area contributed by atoms with Gasteiger partial charge in [0.2, 0.25) is 0 Å². The van der Waals surface area contributed by atoms with E-state index in [1.807, 2.05) is 42.6 Å². The average Bonchev–Trinajstić information content (AvgIpc) is 2.77. The minimum absolute atomic E-state index is 0.741. The van der Waals surface area contributed by atoms with Gasteiger partial charge in [-0.15, -0.1) is 0 Å². The maximum absolute atomic E-state index is 5.82. The number of aryl methyl sites for hydroxylation is 1. The van der Waals surface area contributed by atoms with E-state index in [2.05, 4.69) is 21.5 Å². The molecule has 0 fully saturated rings. The van der Waals surface area contributed by atoms with E-state index in [-0.39, 0.29) is 0 Å². The minimum atomic E-state index is 0.741. The Morgan fingerprint density at radius 3 is 2.84 bits per heavy atom. The first-order valence-corrected chi connectivity index (χ1v) is 6.42. The van der Waals surface area contributed by atoms with Crippen LogP contribution in [0.3, 0.4) is 0 Å². The first-order chi connectivity index (χ1) is 9.28. The van der Waals surface area contributed by atoms with Crippen molar-refractivity contribution in [3.8, 4) is 0 Å². The first kappa shape index (κ1) is 11.7. The van der Waals surface area contributed by atoms with Crippen LogP contribution in [0.1, 0.15) is 18.4 Å². The number of nitrogen functional groups attached to an aromatic ring is 1. The number of aromatic nitrogens is 3. The molecule has 0 bridgehead atoms. The monoisotopic (exact) mass is 252 g/mol. The third-order valence-electron chi connectivity index (χ3n) is 3.21. The van der Waals surface area contributed by atoms with Crippen molar-refractivity contribution in [3.63, 3.8) is 0 Å². The van der Waals surface area contributed by atoms with E-state index in [4.69, 9.17) is 5.73 Å². The lowest BCUT2D eigenvalue weighted by Crippen LogP contribution is -2.05. The molecule has 1 aromatic carbocycles. The molecule has 0 saturated heterocycles. The van der Waals surface area contributed by atoms with Gasteiger partial charge in [0, 0.05) is 18.3 Å². The Balaban J connectivity index is 2.11. The normalized spacial score (nSPS) is 11.0. The molecule has 0 spiro atoms. The molecule has 4 nitrogen and oxygen atoms in total. The number of imidazole rings is 1. The summed E-state index contributed by atoms with van der Waals surface area (Å²) in [5.41, 5.74) is 9.66. The Morgan fingerprint density at radius 2 is 2.11 bits per heavy atom. The van der Waals surface area contributed by atoms with Gasteiger partial charge in [-0.3, -0.25) is 4.98 Å². The highest BCUT2D eigenvalue weighted by molar-refractivity contribution is 5.79. The molecule has 0 aliphatic carbocycles. The van der Waals surface area contributed by atoms with E-state index in [1.54, 1.807) is 0 Å². The van der Waals surface area contributed by atoms with Crippen molar-refractivity contribution in [3.05, 3.63) is 54.1 Å². The Hall–Kier alpha value is -2.36. The molecule has 2 heterocycles. The first-order valence-electron chi connectivity index (χ1n) is 6.42. The number of rotatable bonds is 3. The molecule has 0 radical (unpaired) electrons. The summed E-state index contributed by atoms with van der Waals surface area (Å²) in [6, 6.07) is 11.8. The van der Waals surface area contributed by atoms with Gasteiger partial charge in [0.25, 0.3) is 0 Å². The molecule has 4 heteroatoms. The van der Waals surface area contributed by atoms with Crippen LogP contribution in [0.4, 0.5) is 5.69 Å². The van der Waals surface area contributed by atoms with Gasteiger partial charge in [0.05, 0.1) is 23.3 Å². The van der Waals surface area contributed by atoms with Crippen molar-refractivity contribution in [2.45, 2.75) is 19.9 Å². The Kier molecular flexibility index (Phi) is 2.91. The van der Waals surface area contributed by atoms with Crippen molar-refractivity contribution < 1.29 is 0 Å². The Morgan fingerprint density at radius 1 is 1.21 bits per heavy atom. The second-order valence-electron chi connectivity index (χ2n) is 4.54. The summed E-state index contributed by atoms with van der Waals surface area (Å²) in [6.07, 6.45) is 2.71. The van der Waals surface area contributed by atoms with Crippen LogP contribution < -0.4 is 5.73 Å². The van der Waals surface area contributed by atoms with Crippen molar-refractivity contribution >= 4 is 16.7 Å². The fraction of sp³-hybridized carbons (Fsp3) is 0.200. The smallest absolute Gasteiger partial charge is 0.109 e.